The Morgan fingerprint density at radius 1 is 1.19 bits per heavy atom. The van der Waals surface area contributed by atoms with E-state index < -0.39 is 10.0 Å². The zero-order chi connectivity index (χ0) is 14.9. The number of fused-ring (bicyclic) bond motifs is 1. The monoisotopic (exact) mass is 305 g/mol. The Hall–Kier alpha value is -2.28. The average Bonchev–Trinajstić information content (AvgIpc) is 2.70. The number of rotatable bonds is 2. The van der Waals surface area contributed by atoms with Crippen LogP contribution < -0.4 is 14.8 Å². The number of benzene rings is 1. The average molecular weight is 305 g/mol. The smallest absolute Gasteiger partial charge is 0.284 e. The van der Waals surface area contributed by atoms with Gasteiger partial charge in [0.2, 0.25) is 0 Å². The number of aromatic nitrogens is 1. The first-order chi connectivity index (χ1) is 10.1. The molecular formula is C14H15N3O3S. The van der Waals surface area contributed by atoms with Gasteiger partial charge < -0.3 is 10.5 Å². The van der Waals surface area contributed by atoms with Crippen molar-refractivity contribution in [2.24, 2.45) is 0 Å². The third kappa shape index (κ3) is 2.40. The Bertz CT molecular complexity index is 762. The molecule has 1 aliphatic rings. The van der Waals surface area contributed by atoms with Gasteiger partial charge in [-0.1, -0.05) is 12.1 Å². The van der Waals surface area contributed by atoms with Crippen molar-refractivity contribution >= 4 is 21.4 Å². The van der Waals surface area contributed by atoms with Crippen molar-refractivity contribution in [2.45, 2.75) is 11.4 Å². The second-order valence-corrected chi connectivity index (χ2v) is 6.42. The lowest BCUT2D eigenvalue weighted by Crippen LogP contribution is -2.32. The SMILES string of the molecule is Nc1cccnc1S(=O)(=O)N1CCCOc2ccccc21. The Kier molecular flexibility index (Phi) is 3.42. The first kappa shape index (κ1) is 13.7. The van der Waals surface area contributed by atoms with E-state index in [1.54, 1.807) is 24.3 Å². The molecule has 2 aromatic rings. The molecule has 21 heavy (non-hydrogen) atoms. The molecule has 0 radical (unpaired) electrons. The van der Waals surface area contributed by atoms with E-state index in [-0.39, 0.29) is 10.7 Å². The minimum absolute atomic E-state index is 0.123. The van der Waals surface area contributed by atoms with Gasteiger partial charge in [0.15, 0.2) is 5.03 Å². The number of pyridine rings is 1. The molecule has 0 aliphatic carbocycles. The maximum Gasteiger partial charge on any atom is 0.284 e. The molecule has 110 valence electrons. The molecule has 1 aromatic heterocycles. The minimum atomic E-state index is -3.81. The first-order valence-electron chi connectivity index (χ1n) is 6.56. The van der Waals surface area contributed by atoms with Crippen molar-refractivity contribution < 1.29 is 13.2 Å². The number of anilines is 2. The van der Waals surface area contributed by atoms with Gasteiger partial charge in [-0.05, 0) is 24.3 Å². The Morgan fingerprint density at radius 2 is 2.00 bits per heavy atom. The molecule has 3 rings (SSSR count). The van der Waals surface area contributed by atoms with Gasteiger partial charge in [0.1, 0.15) is 5.75 Å². The fraction of sp³-hybridized carbons (Fsp3) is 0.214. The van der Waals surface area contributed by atoms with E-state index in [1.165, 1.54) is 16.6 Å². The molecule has 1 aliphatic heterocycles. The minimum Gasteiger partial charge on any atom is -0.491 e. The van der Waals surface area contributed by atoms with Crippen LogP contribution in [0.25, 0.3) is 0 Å². The van der Waals surface area contributed by atoms with Gasteiger partial charge in [0.05, 0.1) is 18.0 Å². The maximum atomic E-state index is 12.9. The molecule has 0 saturated heterocycles. The largest absolute Gasteiger partial charge is 0.491 e. The molecule has 0 bridgehead atoms. The molecule has 6 nitrogen and oxygen atoms in total. The van der Waals surface area contributed by atoms with Gasteiger partial charge in [-0.15, -0.1) is 0 Å². The van der Waals surface area contributed by atoms with Crippen molar-refractivity contribution in [3.05, 3.63) is 42.6 Å². The van der Waals surface area contributed by atoms with E-state index in [0.29, 0.717) is 31.0 Å². The normalized spacial score (nSPS) is 15.0. The second kappa shape index (κ2) is 5.25. The van der Waals surface area contributed by atoms with Crippen molar-refractivity contribution in [3.8, 4) is 5.75 Å². The highest BCUT2D eigenvalue weighted by molar-refractivity contribution is 7.92. The van der Waals surface area contributed by atoms with Crippen molar-refractivity contribution in [2.75, 3.05) is 23.2 Å². The Balaban J connectivity index is 2.13. The predicted octanol–water partition coefficient (Wildman–Crippen LogP) is 1.64. The van der Waals surface area contributed by atoms with E-state index in [0.717, 1.165) is 0 Å². The van der Waals surface area contributed by atoms with Crippen LogP contribution in [0.4, 0.5) is 11.4 Å². The molecule has 2 N–H and O–H groups in total. The highest BCUT2D eigenvalue weighted by atomic mass is 32.2. The summed E-state index contributed by atoms with van der Waals surface area (Å²) >= 11 is 0. The van der Waals surface area contributed by atoms with Crippen LogP contribution in [0.5, 0.6) is 5.75 Å². The van der Waals surface area contributed by atoms with Crippen LogP contribution in [-0.2, 0) is 10.0 Å². The molecular weight excluding hydrogens is 290 g/mol. The summed E-state index contributed by atoms with van der Waals surface area (Å²) in [6, 6.07) is 10.2. The zero-order valence-corrected chi connectivity index (χ0v) is 12.1. The number of hydrogen-bond donors (Lipinski definition) is 1. The number of ether oxygens (including phenoxy) is 1. The van der Waals surface area contributed by atoms with E-state index in [9.17, 15) is 8.42 Å². The van der Waals surface area contributed by atoms with Crippen LogP contribution >= 0.6 is 0 Å². The van der Waals surface area contributed by atoms with Crippen LogP contribution in [-0.4, -0.2) is 26.6 Å². The summed E-state index contributed by atoms with van der Waals surface area (Å²) in [6.07, 6.45) is 2.02. The summed E-state index contributed by atoms with van der Waals surface area (Å²) in [6.45, 7) is 0.802. The van der Waals surface area contributed by atoms with Crippen molar-refractivity contribution in [1.29, 1.82) is 0 Å². The van der Waals surface area contributed by atoms with Gasteiger partial charge >= 0.3 is 0 Å². The van der Waals surface area contributed by atoms with Crippen LogP contribution in [0.15, 0.2) is 47.6 Å². The zero-order valence-electron chi connectivity index (χ0n) is 11.3. The quantitative estimate of drug-likeness (QED) is 0.911. The second-order valence-electron chi connectivity index (χ2n) is 4.64. The number of nitrogens with zero attached hydrogens (tertiary/aromatic N) is 2. The van der Waals surface area contributed by atoms with Crippen LogP contribution in [0.1, 0.15) is 6.42 Å². The van der Waals surface area contributed by atoms with Gasteiger partial charge in [-0.2, -0.15) is 8.42 Å². The maximum absolute atomic E-state index is 12.9. The number of nitrogen functional groups attached to an aromatic ring is 1. The van der Waals surface area contributed by atoms with Crippen LogP contribution in [0.3, 0.4) is 0 Å². The number of para-hydroxylation sites is 2. The highest BCUT2D eigenvalue weighted by Gasteiger charge is 2.31. The van der Waals surface area contributed by atoms with E-state index in [2.05, 4.69) is 4.98 Å². The van der Waals surface area contributed by atoms with Gasteiger partial charge in [-0.3, -0.25) is 4.31 Å². The summed E-state index contributed by atoms with van der Waals surface area (Å²) < 4.78 is 32.6. The fourth-order valence-electron chi connectivity index (χ4n) is 2.27. The summed E-state index contributed by atoms with van der Waals surface area (Å²) in [4.78, 5) is 3.93. The summed E-state index contributed by atoms with van der Waals surface area (Å²) in [5, 5.41) is -0.123. The van der Waals surface area contributed by atoms with Crippen LogP contribution in [0, 0.1) is 0 Å². The first-order valence-corrected chi connectivity index (χ1v) is 8.00. The molecule has 1 aromatic carbocycles. The van der Waals surface area contributed by atoms with Crippen LogP contribution in [0.2, 0.25) is 0 Å². The molecule has 0 atom stereocenters. The molecule has 7 heteroatoms. The molecule has 2 heterocycles. The molecule has 0 spiro atoms. The van der Waals surface area contributed by atoms with Gasteiger partial charge in [0, 0.05) is 19.2 Å². The topological polar surface area (TPSA) is 85.5 Å². The van der Waals surface area contributed by atoms with Gasteiger partial charge in [-0.25, -0.2) is 4.98 Å². The van der Waals surface area contributed by atoms with E-state index >= 15 is 0 Å². The Labute approximate surface area is 123 Å². The number of hydrogen-bond acceptors (Lipinski definition) is 5. The predicted molar refractivity (Wildman–Crippen MR) is 79.7 cm³/mol. The molecule has 0 saturated carbocycles. The molecule has 0 fully saturated rings. The number of nitrogens with two attached hydrogens (primary N) is 1. The molecule has 0 amide bonds. The van der Waals surface area contributed by atoms with Crippen molar-refractivity contribution in [3.63, 3.8) is 0 Å². The lowest BCUT2D eigenvalue weighted by molar-refractivity contribution is 0.322. The lowest BCUT2D eigenvalue weighted by atomic mass is 10.3. The highest BCUT2D eigenvalue weighted by Crippen LogP contribution is 2.34. The fourth-order valence-corrected chi connectivity index (χ4v) is 3.82. The summed E-state index contributed by atoms with van der Waals surface area (Å²) in [5.41, 5.74) is 6.43. The summed E-state index contributed by atoms with van der Waals surface area (Å²) in [7, 11) is -3.81. The standard InChI is InChI=1S/C14H15N3O3S/c15-11-5-3-8-16-14(11)21(18,19)17-9-4-10-20-13-7-2-1-6-12(13)17/h1-3,5-8H,4,9-10,15H2. The Morgan fingerprint density at radius 3 is 2.81 bits per heavy atom. The van der Waals surface area contributed by atoms with Crippen molar-refractivity contribution in [1.82, 2.24) is 4.98 Å². The van der Waals surface area contributed by atoms with E-state index in [1.807, 2.05) is 6.07 Å². The molecule has 0 unspecified atom stereocenters. The van der Waals surface area contributed by atoms with Gasteiger partial charge in [0.25, 0.3) is 10.0 Å². The third-order valence-electron chi connectivity index (χ3n) is 3.23. The lowest BCUT2D eigenvalue weighted by Gasteiger charge is -2.23. The number of sulfonamides is 1. The summed E-state index contributed by atoms with van der Waals surface area (Å²) in [5.74, 6) is 0.549. The third-order valence-corrected chi connectivity index (χ3v) is 5.02. The van der Waals surface area contributed by atoms with E-state index in [4.69, 9.17) is 10.5 Å².